The van der Waals surface area contributed by atoms with E-state index in [2.05, 4.69) is 10.2 Å². The molecule has 0 amide bonds. The van der Waals surface area contributed by atoms with Crippen LogP contribution in [-0.2, 0) is 4.74 Å². The molecule has 1 fully saturated rings. The molecule has 0 aliphatic carbocycles. The van der Waals surface area contributed by atoms with E-state index < -0.39 is 37.1 Å². The highest BCUT2D eigenvalue weighted by molar-refractivity contribution is 5.52. The Hall–Kier alpha value is -1.84. The maximum absolute atomic E-state index is 10.0. The normalized spacial score (nSPS) is 31.3. The minimum Gasteiger partial charge on any atom is -0.418 e. The SMILES string of the molecule is Cc1ccc(-c2nnc([C@@H]3O[C@H](CO)[C@@H](O)[C@H](O)[C@H]3O)o2)cc1. The van der Waals surface area contributed by atoms with Gasteiger partial charge in [0.25, 0.3) is 0 Å². The van der Waals surface area contributed by atoms with E-state index in [0.29, 0.717) is 5.56 Å². The third-order valence-electron chi connectivity index (χ3n) is 3.87. The van der Waals surface area contributed by atoms with E-state index in [4.69, 9.17) is 9.15 Å². The van der Waals surface area contributed by atoms with E-state index in [1.807, 2.05) is 31.2 Å². The zero-order valence-corrected chi connectivity index (χ0v) is 12.4. The van der Waals surface area contributed by atoms with Crippen molar-refractivity contribution in [3.8, 4) is 11.5 Å². The molecule has 8 heteroatoms. The van der Waals surface area contributed by atoms with Crippen molar-refractivity contribution in [3.05, 3.63) is 35.7 Å². The molecule has 1 saturated heterocycles. The number of nitrogens with zero attached hydrogens (tertiary/aromatic N) is 2. The molecule has 0 radical (unpaired) electrons. The predicted molar refractivity (Wildman–Crippen MR) is 77.2 cm³/mol. The topological polar surface area (TPSA) is 129 Å². The third kappa shape index (κ3) is 2.99. The maximum Gasteiger partial charge on any atom is 0.248 e. The Morgan fingerprint density at radius 1 is 1.00 bits per heavy atom. The molecule has 0 saturated carbocycles. The zero-order valence-electron chi connectivity index (χ0n) is 12.4. The number of hydrogen-bond acceptors (Lipinski definition) is 8. The number of aryl methyl sites for hydroxylation is 1. The van der Waals surface area contributed by atoms with Gasteiger partial charge < -0.3 is 29.6 Å². The van der Waals surface area contributed by atoms with E-state index in [0.717, 1.165) is 5.56 Å². The molecule has 8 nitrogen and oxygen atoms in total. The number of hydrogen-bond donors (Lipinski definition) is 4. The molecule has 5 atom stereocenters. The molecule has 0 unspecified atom stereocenters. The fourth-order valence-corrected chi connectivity index (χ4v) is 2.47. The van der Waals surface area contributed by atoms with Crippen LogP contribution in [0.15, 0.2) is 28.7 Å². The third-order valence-corrected chi connectivity index (χ3v) is 3.87. The number of aromatic nitrogens is 2. The molecule has 124 valence electrons. The van der Waals surface area contributed by atoms with E-state index in [1.165, 1.54) is 0 Å². The molecule has 2 heterocycles. The monoisotopic (exact) mass is 322 g/mol. The molecule has 4 N–H and O–H groups in total. The number of benzene rings is 1. The number of rotatable bonds is 3. The summed E-state index contributed by atoms with van der Waals surface area (Å²) in [5.74, 6) is 0.217. The van der Waals surface area contributed by atoms with Crippen LogP contribution in [0.2, 0.25) is 0 Å². The summed E-state index contributed by atoms with van der Waals surface area (Å²) in [6.45, 7) is 1.44. The van der Waals surface area contributed by atoms with Crippen molar-refractivity contribution in [1.29, 1.82) is 0 Å². The van der Waals surface area contributed by atoms with Crippen molar-refractivity contribution in [1.82, 2.24) is 10.2 Å². The van der Waals surface area contributed by atoms with Gasteiger partial charge in [0.15, 0.2) is 6.10 Å². The van der Waals surface area contributed by atoms with Gasteiger partial charge in [-0.05, 0) is 19.1 Å². The van der Waals surface area contributed by atoms with Gasteiger partial charge in [-0.25, -0.2) is 0 Å². The van der Waals surface area contributed by atoms with Crippen molar-refractivity contribution < 1.29 is 29.6 Å². The lowest BCUT2D eigenvalue weighted by Gasteiger charge is -2.38. The van der Waals surface area contributed by atoms with E-state index >= 15 is 0 Å². The summed E-state index contributed by atoms with van der Waals surface area (Å²) in [4.78, 5) is 0. The summed E-state index contributed by atoms with van der Waals surface area (Å²) < 4.78 is 10.9. The van der Waals surface area contributed by atoms with Gasteiger partial charge in [0.05, 0.1) is 6.61 Å². The predicted octanol–water partition coefficient (Wildman–Crippen LogP) is -0.440. The highest BCUT2D eigenvalue weighted by atomic mass is 16.6. The second-order valence-corrected chi connectivity index (χ2v) is 5.56. The summed E-state index contributed by atoms with van der Waals surface area (Å²) in [5, 5.41) is 46.6. The first-order chi connectivity index (χ1) is 11.0. The molecule has 23 heavy (non-hydrogen) atoms. The van der Waals surface area contributed by atoms with Crippen LogP contribution in [0.4, 0.5) is 0 Å². The van der Waals surface area contributed by atoms with Gasteiger partial charge in [-0.15, -0.1) is 10.2 Å². The highest BCUT2D eigenvalue weighted by Crippen LogP contribution is 2.32. The average molecular weight is 322 g/mol. The molecule has 1 aliphatic heterocycles. The Balaban J connectivity index is 1.85. The molecule has 3 rings (SSSR count). The first-order valence-corrected chi connectivity index (χ1v) is 7.22. The first-order valence-electron chi connectivity index (χ1n) is 7.22. The molecule has 1 aromatic heterocycles. The number of aliphatic hydroxyl groups excluding tert-OH is 4. The summed E-state index contributed by atoms with van der Waals surface area (Å²) in [7, 11) is 0. The summed E-state index contributed by atoms with van der Waals surface area (Å²) >= 11 is 0. The van der Waals surface area contributed by atoms with Crippen LogP contribution in [0.3, 0.4) is 0 Å². The molecular formula is C15H18N2O6. The quantitative estimate of drug-likeness (QED) is 0.598. The fraction of sp³-hybridized carbons (Fsp3) is 0.467. The lowest BCUT2D eigenvalue weighted by atomic mass is 9.95. The summed E-state index contributed by atoms with van der Waals surface area (Å²) in [6.07, 6.45) is -6.50. The lowest BCUT2D eigenvalue weighted by molar-refractivity contribution is -0.236. The molecule has 1 aliphatic rings. The summed E-state index contributed by atoms with van der Waals surface area (Å²) in [6, 6.07) is 7.43. The Morgan fingerprint density at radius 2 is 1.70 bits per heavy atom. The van der Waals surface area contributed by atoms with Crippen molar-refractivity contribution in [3.63, 3.8) is 0 Å². The second kappa shape index (κ2) is 6.34. The Morgan fingerprint density at radius 3 is 2.35 bits per heavy atom. The highest BCUT2D eigenvalue weighted by Gasteiger charge is 2.46. The van der Waals surface area contributed by atoms with Gasteiger partial charge in [0.2, 0.25) is 11.8 Å². The minimum absolute atomic E-state index is 0.0301. The second-order valence-electron chi connectivity index (χ2n) is 5.56. The standard InChI is InChI=1S/C15H18N2O6/c1-7-2-4-8(5-3-7)14-16-17-15(23-14)13-12(21)11(20)10(19)9(6-18)22-13/h2-5,9-13,18-21H,6H2,1H3/t9-,10-,11+,12-,13-/m1/s1. The van der Waals surface area contributed by atoms with E-state index in [9.17, 15) is 20.4 Å². The van der Waals surface area contributed by atoms with Gasteiger partial charge in [0, 0.05) is 5.56 Å². The van der Waals surface area contributed by atoms with Crippen molar-refractivity contribution >= 4 is 0 Å². The average Bonchev–Trinajstić information content (AvgIpc) is 3.03. The van der Waals surface area contributed by atoms with Gasteiger partial charge in [-0.1, -0.05) is 17.7 Å². The van der Waals surface area contributed by atoms with Crippen LogP contribution in [-0.4, -0.2) is 61.6 Å². The zero-order chi connectivity index (χ0) is 16.6. The van der Waals surface area contributed by atoms with E-state index in [-0.39, 0.29) is 11.8 Å². The Bertz CT molecular complexity index is 656. The summed E-state index contributed by atoms with van der Waals surface area (Å²) in [5.41, 5.74) is 1.79. The van der Waals surface area contributed by atoms with Crippen molar-refractivity contribution in [2.45, 2.75) is 37.4 Å². The lowest BCUT2D eigenvalue weighted by Crippen LogP contribution is -2.55. The van der Waals surface area contributed by atoms with Gasteiger partial charge in [0.1, 0.15) is 24.4 Å². The molecule has 1 aromatic carbocycles. The fourth-order valence-electron chi connectivity index (χ4n) is 2.47. The van der Waals surface area contributed by atoms with Crippen LogP contribution < -0.4 is 0 Å². The smallest absolute Gasteiger partial charge is 0.248 e. The largest absolute Gasteiger partial charge is 0.418 e. The van der Waals surface area contributed by atoms with Crippen LogP contribution in [0.5, 0.6) is 0 Å². The molecule has 2 aromatic rings. The van der Waals surface area contributed by atoms with Crippen molar-refractivity contribution in [2.75, 3.05) is 6.61 Å². The minimum atomic E-state index is -1.49. The van der Waals surface area contributed by atoms with Gasteiger partial charge >= 0.3 is 0 Å². The van der Waals surface area contributed by atoms with Crippen molar-refractivity contribution in [2.24, 2.45) is 0 Å². The van der Waals surface area contributed by atoms with Crippen LogP contribution in [0, 0.1) is 6.92 Å². The molecular weight excluding hydrogens is 304 g/mol. The van der Waals surface area contributed by atoms with Gasteiger partial charge in [-0.2, -0.15) is 0 Å². The van der Waals surface area contributed by atoms with Crippen LogP contribution in [0.25, 0.3) is 11.5 Å². The Kier molecular flexibility index (Phi) is 4.42. The maximum atomic E-state index is 10.0. The van der Waals surface area contributed by atoms with Gasteiger partial charge in [-0.3, -0.25) is 0 Å². The van der Waals surface area contributed by atoms with Crippen LogP contribution in [0.1, 0.15) is 17.6 Å². The Labute approximate surface area is 132 Å². The molecule has 0 spiro atoms. The first kappa shape index (κ1) is 16.0. The molecule has 0 bridgehead atoms. The van der Waals surface area contributed by atoms with Crippen LogP contribution >= 0.6 is 0 Å². The number of aliphatic hydroxyl groups is 4. The van der Waals surface area contributed by atoms with E-state index in [1.54, 1.807) is 0 Å². The number of ether oxygens (including phenoxy) is 1.